The van der Waals surface area contributed by atoms with Crippen molar-refractivity contribution in [3.63, 3.8) is 0 Å². The Balaban J connectivity index is 1.67. The first kappa shape index (κ1) is 21.7. The summed E-state index contributed by atoms with van der Waals surface area (Å²) in [5.41, 5.74) is 2.32. The van der Waals surface area contributed by atoms with Gasteiger partial charge in [0.25, 0.3) is 5.91 Å². The van der Waals surface area contributed by atoms with Gasteiger partial charge in [0.15, 0.2) is 0 Å². The molecule has 31 heavy (non-hydrogen) atoms. The lowest BCUT2D eigenvalue weighted by molar-refractivity contribution is -0.137. The van der Waals surface area contributed by atoms with Crippen molar-refractivity contribution < 1.29 is 32.9 Å². The summed E-state index contributed by atoms with van der Waals surface area (Å²) in [6.07, 6.45) is -3.13. The quantitative estimate of drug-likeness (QED) is 0.398. The van der Waals surface area contributed by atoms with Gasteiger partial charge in [-0.2, -0.15) is 18.3 Å². The van der Waals surface area contributed by atoms with Gasteiger partial charge in [0, 0.05) is 17.2 Å². The van der Waals surface area contributed by atoms with Gasteiger partial charge >= 0.3 is 6.18 Å². The summed E-state index contributed by atoms with van der Waals surface area (Å²) in [6, 6.07) is 14.9. The van der Waals surface area contributed by atoms with Crippen LogP contribution in [0.4, 0.5) is 13.2 Å². The molecular weight excluding hydrogens is 413 g/mol. The summed E-state index contributed by atoms with van der Waals surface area (Å²) in [5, 5.41) is 22.7. The van der Waals surface area contributed by atoms with Crippen LogP contribution in [0.1, 0.15) is 27.0 Å². The van der Waals surface area contributed by atoms with Gasteiger partial charge in [-0.3, -0.25) is 4.79 Å². The average molecular weight is 430 g/mol. The largest absolute Gasteiger partial charge is 0.508 e. The van der Waals surface area contributed by atoms with E-state index in [0.717, 1.165) is 30.3 Å². The molecule has 3 aromatic rings. The van der Waals surface area contributed by atoms with Gasteiger partial charge in [0.05, 0.1) is 11.8 Å². The molecule has 0 aromatic heterocycles. The number of phenols is 2. The molecule has 3 N–H and O–H groups in total. The molecule has 0 saturated heterocycles. The molecule has 0 spiro atoms. The minimum absolute atomic E-state index is 0.00346. The predicted molar refractivity (Wildman–Crippen MR) is 107 cm³/mol. The smallest absolute Gasteiger partial charge is 0.416 e. The highest BCUT2D eigenvalue weighted by Crippen LogP contribution is 2.30. The number of phenolic OH excluding ortho intramolecular Hbond substituents is 2. The van der Waals surface area contributed by atoms with Crippen molar-refractivity contribution in [1.82, 2.24) is 5.43 Å². The van der Waals surface area contributed by atoms with E-state index in [1.54, 1.807) is 24.3 Å². The van der Waals surface area contributed by atoms with E-state index in [9.17, 15) is 28.2 Å². The molecule has 160 valence electrons. The fraction of sp³-hybridized carbons (Fsp3) is 0.0909. The topological polar surface area (TPSA) is 91.2 Å². The number of nitrogens with zero attached hydrogens (tertiary/aromatic N) is 1. The maximum Gasteiger partial charge on any atom is 0.416 e. The van der Waals surface area contributed by atoms with Crippen LogP contribution in [0.3, 0.4) is 0 Å². The fourth-order valence-electron chi connectivity index (χ4n) is 2.67. The van der Waals surface area contributed by atoms with Crippen molar-refractivity contribution in [2.75, 3.05) is 0 Å². The lowest BCUT2D eigenvalue weighted by Gasteiger charge is -2.11. The number of nitrogens with one attached hydrogen (secondary N) is 1. The van der Waals surface area contributed by atoms with Crippen LogP contribution in [0.2, 0.25) is 0 Å². The molecule has 0 aliphatic carbocycles. The molecular formula is C22H17F3N2O4. The van der Waals surface area contributed by atoms with Gasteiger partial charge in [-0.25, -0.2) is 5.43 Å². The zero-order valence-electron chi connectivity index (χ0n) is 15.9. The second-order valence-electron chi connectivity index (χ2n) is 6.46. The highest BCUT2D eigenvalue weighted by molar-refractivity contribution is 5.95. The molecule has 0 aliphatic rings. The lowest BCUT2D eigenvalue weighted by Crippen LogP contribution is -2.17. The van der Waals surface area contributed by atoms with Gasteiger partial charge in [0.1, 0.15) is 23.9 Å². The zero-order chi connectivity index (χ0) is 22.4. The number of para-hydroxylation sites is 1. The second-order valence-corrected chi connectivity index (χ2v) is 6.46. The normalized spacial score (nSPS) is 11.5. The summed E-state index contributed by atoms with van der Waals surface area (Å²) >= 11 is 0. The number of ether oxygens (including phenoxy) is 1. The molecule has 6 nitrogen and oxygen atoms in total. The number of hydrogen-bond acceptors (Lipinski definition) is 5. The average Bonchev–Trinajstić information content (AvgIpc) is 2.72. The molecule has 3 aromatic carbocycles. The van der Waals surface area contributed by atoms with Gasteiger partial charge in [-0.1, -0.05) is 24.3 Å². The second kappa shape index (κ2) is 9.21. The molecule has 0 atom stereocenters. The first-order valence-corrected chi connectivity index (χ1v) is 8.97. The predicted octanol–water partition coefficient (Wildman–Crippen LogP) is 4.46. The Bertz CT molecular complexity index is 1090. The number of hydrazone groups is 1. The number of benzene rings is 3. The molecule has 0 saturated carbocycles. The zero-order valence-corrected chi connectivity index (χ0v) is 15.9. The molecule has 0 bridgehead atoms. The molecule has 1 amide bonds. The highest BCUT2D eigenvalue weighted by Gasteiger charge is 2.30. The van der Waals surface area contributed by atoms with Gasteiger partial charge in [-0.05, 0) is 42.0 Å². The van der Waals surface area contributed by atoms with Crippen LogP contribution in [-0.4, -0.2) is 22.3 Å². The molecule has 0 heterocycles. The maximum atomic E-state index is 12.8. The third-order valence-electron chi connectivity index (χ3n) is 4.10. The molecule has 0 radical (unpaired) electrons. The number of aromatic hydroxyl groups is 2. The highest BCUT2D eigenvalue weighted by atomic mass is 19.4. The number of hydrogen-bond donors (Lipinski definition) is 3. The number of halogens is 3. The van der Waals surface area contributed by atoms with Crippen LogP contribution in [0.5, 0.6) is 17.2 Å². The Morgan fingerprint density at radius 2 is 1.71 bits per heavy atom. The van der Waals surface area contributed by atoms with Crippen molar-refractivity contribution in [3.05, 3.63) is 89.0 Å². The van der Waals surface area contributed by atoms with Crippen LogP contribution in [0.25, 0.3) is 0 Å². The van der Waals surface area contributed by atoms with E-state index in [4.69, 9.17) is 4.74 Å². The monoisotopic (exact) mass is 430 g/mol. The Labute approximate surface area is 175 Å². The minimum atomic E-state index is -4.44. The summed E-state index contributed by atoms with van der Waals surface area (Å²) in [4.78, 5) is 12.1. The molecule has 0 unspecified atom stereocenters. The van der Waals surface area contributed by atoms with E-state index in [-0.39, 0.29) is 23.7 Å². The van der Waals surface area contributed by atoms with E-state index in [0.29, 0.717) is 16.9 Å². The molecule has 3 rings (SSSR count). The number of carbonyl (C=O) groups excluding carboxylic acids is 1. The number of alkyl halides is 3. The summed E-state index contributed by atoms with van der Waals surface area (Å²) in [7, 11) is 0. The Morgan fingerprint density at radius 1 is 1.00 bits per heavy atom. The standard InChI is InChI=1S/C22H17F3N2O4/c23-22(24,25)17-6-3-4-14(8-17)13-31-20-7-2-1-5-15(20)12-26-27-21(30)16-9-18(28)11-19(29)10-16/h1-12,28-29H,13H2,(H,27,30)/b26-12-. The molecule has 0 fully saturated rings. The van der Waals surface area contributed by atoms with Crippen LogP contribution in [0, 0.1) is 0 Å². The van der Waals surface area contributed by atoms with E-state index in [1.807, 2.05) is 0 Å². The Morgan fingerprint density at radius 3 is 2.42 bits per heavy atom. The number of amides is 1. The van der Waals surface area contributed by atoms with Crippen molar-refractivity contribution in [2.24, 2.45) is 5.10 Å². The van der Waals surface area contributed by atoms with Gasteiger partial charge in [0.2, 0.25) is 0 Å². The summed E-state index contributed by atoms with van der Waals surface area (Å²) in [6.45, 7) is -0.0936. The fourth-order valence-corrected chi connectivity index (χ4v) is 2.67. The maximum absolute atomic E-state index is 12.8. The third-order valence-corrected chi connectivity index (χ3v) is 4.10. The van der Waals surface area contributed by atoms with Crippen molar-refractivity contribution >= 4 is 12.1 Å². The van der Waals surface area contributed by atoms with Crippen LogP contribution >= 0.6 is 0 Å². The Hall–Kier alpha value is -4.01. The van der Waals surface area contributed by atoms with E-state index < -0.39 is 17.6 Å². The summed E-state index contributed by atoms with van der Waals surface area (Å²) in [5.74, 6) is -0.859. The van der Waals surface area contributed by atoms with E-state index >= 15 is 0 Å². The lowest BCUT2D eigenvalue weighted by atomic mass is 10.1. The first-order chi connectivity index (χ1) is 14.7. The summed E-state index contributed by atoms with van der Waals surface area (Å²) < 4.78 is 44.2. The number of rotatable bonds is 6. The van der Waals surface area contributed by atoms with Crippen LogP contribution in [-0.2, 0) is 12.8 Å². The Kier molecular flexibility index (Phi) is 6.44. The third kappa shape index (κ3) is 5.99. The minimum Gasteiger partial charge on any atom is -0.508 e. The van der Waals surface area contributed by atoms with Crippen molar-refractivity contribution in [2.45, 2.75) is 12.8 Å². The SMILES string of the molecule is O=C(N/N=C\c1ccccc1OCc1cccc(C(F)(F)F)c1)c1cc(O)cc(O)c1. The van der Waals surface area contributed by atoms with Crippen LogP contribution in [0.15, 0.2) is 71.8 Å². The van der Waals surface area contributed by atoms with E-state index in [2.05, 4.69) is 10.5 Å². The number of carbonyl (C=O) groups is 1. The first-order valence-electron chi connectivity index (χ1n) is 8.97. The van der Waals surface area contributed by atoms with Crippen molar-refractivity contribution in [1.29, 1.82) is 0 Å². The van der Waals surface area contributed by atoms with Crippen LogP contribution < -0.4 is 10.2 Å². The van der Waals surface area contributed by atoms with E-state index in [1.165, 1.54) is 18.3 Å². The van der Waals surface area contributed by atoms with Gasteiger partial charge < -0.3 is 14.9 Å². The molecule has 9 heteroatoms. The molecule has 0 aliphatic heterocycles. The van der Waals surface area contributed by atoms with Crippen molar-refractivity contribution in [3.8, 4) is 17.2 Å². The van der Waals surface area contributed by atoms with Gasteiger partial charge in [-0.15, -0.1) is 0 Å².